The molecule has 2 rings (SSSR count). The van der Waals surface area contributed by atoms with Crippen molar-refractivity contribution in [2.45, 2.75) is 18.2 Å². The van der Waals surface area contributed by atoms with Crippen LogP contribution in [-0.4, -0.2) is 4.98 Å². The minimum Gasteiger partial charge on any atom is -0.408 e. The third-order valence-electron chi connectivity index (χ3n) is 1.98. The number of aryl methyl sites for hydroxylation is 2. The topological polar surface area (TPSA) is 12.9 Å². The molecule has 0 bridgehead atoms. The van der Waals surface area contributed by atoms with Gasteiger partial charge >= 0.3 is 0 Å². The highest BCUT2D eigenvalue weighted by Gasteiger charge is 1.96. The van der Waals surface area contributed by atoms with Crippen LogP contribution in [0.15, 0.2) is 16.5 Å². The molecule has 0 amide bonds. The van der Waals surface area contributed by atoms with Crippen molar-refractivity contribution < 1.29 is 0 Å². The molecule has 1 nitrogen and oxygen atoms in total. The van der Waals surface area contributed by atoms with Gasteiger partial charge < -0.3 is 24.0 Å². The summed E-state index contributed by atoms with van der Waals surface area (Å²) in [5.41, 5.74) is 3.62. The number of fused-ring (bicyclic) bond motifs is 1. The Balaban J connectivity index is 2.83. The van der Waals surface area contributed by atoms with Crippen molar-refractivity contribution in [3.8, 4) is 0 Å². The molecule has 0 unspecified atom stereocenters. The minimum absolute atomic E-state index is 0.731. The summed E-state index contributed by atoms with van der Waals surface area (Å²) in [5, 5.41) is 0. The molecular weight excluding hydrogens is 186 g/mol. The average molecular weight is 194 g/mol. The largest absolute Gasteiger partial charge is 0.408 e. The van der Waals surface area contributed by atoms with E-state index < -0.39 is 0 Å². The molecule has 12 heavy (non-hydrogen) atoms. The van der Waals surface area contributed by atoms with E-state index in [-0.39, 0.29) is 0 Å². The molecule has 3 heteroatoms. The van der Waals surface area contributed by atoms with Crippen LogP contribution in [0.4, 0.5) is 0 Å². The number of nitrogens with zero attached hydrogens (tertiary/aromatic N) is 1. The Labute approximate surface area is 80.9 Å². The third kappa shape index (κ3) is 1.19. The van der Waals surface area contributed by atoms with Crippen LogP contribution in [-0.2, 0) is 12.6 Å². The average Bonchev–Trinajstić information content (AvgIpc) is 2.30. The van der Waals surface area contributed by atoms with Gasteiger partial charge in [-0.3, -0.25) is 4.98 Å². The van der Waals surface area contributed by atoms with Crippen LogP contribution in [0.5, 0.6) is 0 Å². The molecule has 0 saturated heterocycles. The first-order valence-corrected chi connectivity index (χ1v) is 4.94. The van der Waals surface area contributed by atoms with Crippen LogP contribution >= 0.6 is 11.3 Å². The molecule has 62 valence electrons. The Kier molecular flexibility index (Phi) is 1.77. The maximum absolute atomic E-state index is 5.01. The predicted octanol–water partition coefficient (Wildman–Crippen LogP) is 2.82. The molecule has 0 aliphatic carbocycles. The lowest BCUT2D eigenvalue weighted by Gasteiger charge is -1.99. The fourth-order valence-corrected chi connectivity index (χ4v) is 2.30. The van der Waals surface area contributed by atoms with E-state index in [9.17, 15) is 0 Å². The van der Waals surface area contributed by atoms with Crippen molar-refractivity contribution in [3.63, 3.8) is 0 Å². The van der Waals surface area contributed by atoms with Crippen LogP contribution in [0.2, 0.25) is 0 Å². The summed E-state index contributed by atoms with van der Waals surface area (Å²) in [6.07, 6.45) is 0. The lowest BCUT2D eigenvalue weighted by Crippen LogP contribution is -1.79. The Hall–Kier alpha value is -0.670. The van der Waals surface area contributed by atoms with Gasteiger partial charge in [0.05, 0.1) is 5.52 Å². The summed E-state index contributed by atoms with van der Waals surface area (Å²) in [6, 6.07) is 4.25. The fraction of sp³-hybridized carbons (Fsp3) is 0.222. The second-order valence-corrected chi connectivity index (χ2v) is 4.56. The van der Waals surface area contributed by atoms with Crippen LogP contribution < -0.4 is 0 Å². The number of thiazole rings is 1. The number of hydrogen-bond donors (Lipinski definition) is 0. The molecule has 0 radical (unpaired) electrons. The predicted molar refractivity (Wildman–Crippen MR) is 54.7 cm³/mol. The van der Waals surface area contributed by atoms with Crippen LogP contribution in [0.3, 0.4) is 0 Å². The van der Waals surface area contributed by atoms with Gasteiger partial charge in [0, 0.05) is 0 Å². The Morgan fingerprint density at radius 2 is 1.92 bits per heavy atom. The van der Waals surface area contributed by atoms with Gasteiger partial charge in [0.2, 0.25) is 0 Å². The van der Waals surface area contributed by atoms with E-state index in [0.29, 0.717) is 0 Å². The molecule has 0 spiro atoms. The monoisotopic (exact) mass is 194 g/mol. The maximum atomic E-state index is 5.01. The van der Waals surface area contributed by atoms with Gasteiger partial charge in [-0.2, -0.15) is 0 Å². The molecule has 0 N–H and O–H groups in total. The summed E-state index contributed by atoms with van der Waals surface area (Å²) >= 11 is 6.59. The molecule has 0 aliphatic rings. The fourth-order valence-electron chi connectivity index (χ4n) is 1.16. The lowest BCUT2D eigenvalue weighted by molar-refractivity contribution is 1.29. The zero-order valence-corrected chi connectivity index (χ0v) is 8.55. The first-order chi connectivity index (χ1) is 5.66. The van der Waals surface area contributed by atoms with Crippen LogP contribution in [0, 0.1) is 13.8 Å². The van der Waals surface area contributed by atoms with Crippen molar-refractivity contribution in [1.29, 1.82) is 0 Å². The van der Waals surface area contributed by atoms with Gasteiger partial charge in [0.25, 0.3) is 0 Å². The number of benzene rings is 1. The molecular formula is C9H8NS2-. The van der Waals surface area contributed by atoms with E-state index in [4.69, 9.17) is 12.6 Å². The first-order valence-electron chi connectivity index (χ1n) is 3.71. The zero-order valence-electron chi connectivity index (χ0n) is 6.92. The zero-order chi connectivity index (χ0) is 8.72. The first kappa shape index (κ1) is 7.95. The Bertz CT molecular complexity index is 392. The molecule has 1 aromatic heterocycles. The summed E-state index contributed by atoms with van der Waals surface area (Å²) in [7, 11) is 0. The highest BCUT2D eigenvalue weighted by atomic mass is 32.2. The molecule has 1 aromatic carbocycles. The normalized spacial score (nSPS) is 10.8. The minimum atomic E-state index is 0.731. The number of aromatic nitrogens is 1. The molecule has 0 saturated carbocycles. The number of rotatable bonds is 0. The smallest absolute Gasteiger partial charge is 0.0603 e. The van der Waals surface area contributed by atoms with Gasteiger partial charge in [-0.1, -0.05) is 6.07 Å². The summed E-state index contributed by atoms with van der Waals surface area (Å²) in [5.74, 6) is 0. The van der Waals surface area contributed by atoms with Gasteiger partial charge in [0.1, 0.15) is 0 Å². The Morgan fingerprint density at radius 1 is 1.25 bits per heavy atom. The SMILES string of the molecule is Cc1cc2nc([S-])sc2cc1C. The summed E-state index contributed by atoms with van der Waals surface area (Å²) in [6.45, 7) is 4.20. The van der Waals surface area contributed by atoms with E-state index in [0.717, 1.165) is 9.86 Å². The van der Waals surface area contributed by atoms with Crippen molar-refractivity contribution in [1.82, 2.24) is 4.98 Å². The van der Waals surface area contributed by atoms with Crippen molar-refractivity contribution in [2.75, 3.05) is 0 Å². The quantitative estimate of drug-likeness (QED) is 0.598. The Morgan fingerprint density at radius 3 is 2.67 bits per heavy atom. The van der Waals surface area contributed by atoms with Crippen molar-refractivity contribution in [2.24, 2.45) is 0 Å². The van der Waals surface area contributed by atoms with Gasteiger partial charge in [0.15, 0.2) is 0 Å². The molecule has 0 fully saturated rings. The van der Waals surface area contributed by atoms with E-state index >= 15 is 0 Å². The van der Waals surface area contributed by atoms with Gasteiger partial charge in [-0.15, -0.1) is 0 Å². The third-order valence-corrected chi connectivity index (χ3v) is 3.14. The summed E-state index contributed by atoms with van der Waals surface area (Å²) in [4.78, 5) is 4.25. The standard InChI is InChI=1S/C9H9NS2/c1-5-3-7-8(4-6(5)2)12-9(11)10-7/h3-4H,1-2H3,(H,10,11)/p-1. The second kappa shape index (κ2) is 2.68. The maximum Gasteiger partial charge on any atom is 0.0603 e. The second-order valence-electron chi connectivity index (χ2n) is 2.88. The molecule has 0 aliphatic heterocycles. The van der Waals surface area contributed by atoms with Gasteiger partial charge in [-0.25, -0.2) is 0 Å². The van der Waals surface area contributed by atoms with E-state index in [1.807, 2.05) is 0 Å². The summed E-state index contributed by atoms with van der Waals surface area (Å²) < 4.78 is 1.93. The molecule has 2 aromatic rings. The highest BCUT2D eigenvalue weighted by Crippen LogP contribution is 2.24. The van der Waals surface area contributed by atoms with Gasteiger partial charge in [-0.05, 0) is 40.1 Å². The lowest BCUT2D eigenvalue weighted by atomic mass is 10.1. The van der Waals surface area contributed by atoms with Crippen LogP contribution in [0.1, 0.15) is 11.1 Å². The van der Waals surface area contributed by atoms with E-state index in [1.165, 1.54) is 15.8 Å². The van der Waals surface area contributed by atoms with Crippen molar-refractivity contribution >= 4 is 34.2 Å². The van der Waals surface area contributed by atoms with E-state index in [2.05, 4.69) is 31.0 Å². The number of hydrogen-bond acceptors (Lipinski definition) is 3. The molecule has 0 atom stereocenters. The highest BCUT2D eigenvalue weighted by molar-refractivity contribution is 7.63. The van der Waals surface area contributed by atoms with Crippen molar-refractivity contribution in [3.05, 3.63) is 23.3 Å². The van der Waals surface area contributed by atoms with Crippen LogP contribution in [0.25, 0.3) is 10.2 Å². The molecule has 1 heterocycles. The van der Waals surface area contributed by atoms with E-state index in [1.54, 1.807) is 11.3 Å².